The quantitative estimate of drug-likeness (QED) is 0.639. The number of fused-ring (bicyclic) bond motifs is 1. The highest BCUT2D eigenvalue weighted by atomic mass is 16.5. The molecule has 0 aliphatic heterocycles. The average Bonchev–Trinajstić information content (AvgIpc) is 2.59. The van der Waals surface area contributed by atoms with Gasteiger partial charge in [-0.3, -0.25) is 0 Å². The monoisotopic (exact) mass is 190 g/mol. The predicted octanol–water partition coefficient (Wildman–Crippen LogP) is 1.43. The minimum atomic E-state index is -0.360. The fraction of sp³-hybridized carbons (Fsp3) is 0.200. The standard InChI is InChI=1S/C10H10N2O2/c1-7-6-11-9-8(10(13)14-2)4-3-5-12(7)9/h3-6H,1-2H3. The normalized spacial score (nSPS) is 10.4. The van der Waals surface area contributed by atoms with E-state index in [1.807, 2.05) is 17.5 Å². The molecule has 14 heavy (non-hydrogen) atoms. The van der Waals surface area contributed by atoms with Crippen LogP contribution in [-0.4, -0.2) is 22.5 Å². The Bertz CT molecular complexity index is 488. The number of carbonyl (C=O) groups is 1. The summed E-state index contributed by atoms with van der Waals surface area (Å²) in [7, 11) is 1.36. The van der Waals surface area contributed by atoms with Gasteiger partial charge in [-0.25, -0.2) is 9.78 Å². The third-order valence-corrected chi connectivity index (χ3v) is 2.13. The van der Waals surface area contributed by atoms with E-state index in [1.54, 1.807) is 18.3 Å². The molecule has 2 aromatic rings. The van der Waals surface area contributed by atoms with Crippen LogP contribution in [-0.2, 0) is 4.74 Å². The first-order valence-electron chi connectivity index (χ1n) is 4.25. The van der Waals surface area contributed by atoms with Crippen LogP contribution < -0.4 is 0 Å². The third-order valence-electron chi connectivity index (χ3n) is 2.13. The van der Waals surface area contributed by atoms with Crippen LogP contribution >= 0.6 is 0 Å². The van der Waals surface area contributed by atoms with Gasteiger partial charge in [0.2, 0.25) is 0 Å². The average molecular weight is 190 g/mol. The van der Waals surface area contributed by atoms with E-state index in [9.17, 15) is 4.79 Å². The molecule has 2 rings (SSSR count). The largest absolute Gasteiger partial charge is 0.465 e. The second-order valence-corrected chi connectivity index (χ2v) is 3.01. The fourth-order valence-corrected chi connectivity index (χ4v) is 1.40. The number of imidazole rings is 1. The number of methoxy groups -OCH3 is 1. The van der Waals surface area contributed by atoms with E-state index in [0.29, 0.717) is 11.2 Å². The number of hydrogen-bond donors (Lipinski definition) is 0. The van der Waals surface area contributed by atoms with Gasteiger partial charge in [0.25, 0.3) is 0 Å². The molecule has 0 bridgehead atoms. The van der Waals surface area contributed by atoms with Crippen molar-refractivity contribution in [1.29, 1.82) is 0 Å². The Hall–Kier alpha value is -1.84. The van der Waals surface area contributed by atoms with Crippen LogP contribution in [0.2, 0.25) is 0 Å². The number of carbonyl (C=O) groups excluding carboxylic acids is 1. The molecule has 0 aromatic carbocycles. The Labute approximate surface area is 81.1 Å². The molecular weight excluding hydrogens is 180 g/mol. The molecule has 4 heteroatoms. The zero-order valence-corrected chi connectivity index (χ0v) is 8.02. The van der Waals surface area contributed by atoms with Crippen molar-refractivity contribution in [2.45, 2.75) is 6.92 Å². The van der Waals surface area contributed by atoms with Gasteiger partial charge in [0.1, 0.15) is 5.56 Å². The summed E-state index contributed by atoms with van der Waals surface area (Å²) in [6.45, 7) is 1.93. The van der Waals surface area contributed by atoms with E-state index in [1.165, 1.54) is 7.11 Å². The van der Waals surface area contributed by atoms with Crippen LogP contribution in [0.15, 0.2) is 24.5 Å². The highest BCUT2D eigenvalue weighted by Gasteiger charge is 2.11. The lowest BCUT2D eigenvalue weighted by atomic mass is 10.3. The number of esters is 1. The summed E-state index contributed by atoms with van der Waals surface area (Å²) < 4.78 is 6.51. The molecule has 0 amide bonds. The van der Waals surface area contributed by atoms with E-state index in [4.69, 9.17) is 0 Å². The van der Waals surface area contributed by atoms with Gasteiger partial charge in [0, 0.05) is 18.1 Å². The number of aryl methyl sites for hydroxylation is 1. The van der Waals surface area contributed by atoms with Crippen molar-refractivity contribution >= 4 is 11.6 Å². The van der Waals surface area contributed by atoms with Gasteiger partial charge in [-0.15, -0.1) is 0 Å². The van der Waals surface area contributed by atoms with Crippen LogP contribution in [0.3, 0.4) is 0 Å². The lowest BCUT2D eigenvalue weighted by Gasteiger charge is -2.01. The number of hydrogen-bond acceptors (Lipinski definition) is 3. The maximum atomic E-state index is 11.4. The smallest absolute Gasteiger partial charge is 0.341 e. The SMILES string of the molecule is COC(=O)c1cccn2c(C)cnc12. The number of rotatable bonds is 1. The highest BCUT2D eigenvalue weighted by Crippen LogP contribution is 2.12. The molecule has 72 valence electrons. The van der Waals surface area contributed by atoms with Gasteiger partial charge < -0.3 is 9.14 Å². The van der Waals surface area contributed by atoms with Crippen LogP contribution in [0.25, 0.3) is 5.65 Å². The second-order valence-electron chi connectivity index (χ2n) is 3.01. The molecular formula is C10H10N2O2. The maximum absolute atomic E-state index is 11.4. The summed E-state index contributed by atoms with van der Waals surface area (Å²) in [4.78, 5) is 15.5. The Morgan fingerprint density at radius 2 is 2.36 bits per heavy atom. The maximum Gasteiger partial charge on any atom is 0.341 e. The highest BCUT2D eigenvalue weighted by molar-refractivity contribution is 5.95. The summed E-state index contributed by atoms with van der Waals surface area (Å²) in [6.07, 6.45) is 3.59. The first-order chi connectivity index (χ1) is 6.74. The lowest BCUT2D eigenvalue weighted by molar-refractivity contribution is 0.0602. The molecule has 0 aliphatic carbocycles. The zero-order valence-electron chi connectivity index (χ0n) is 8.02. The first kappa shape index (κ1) is 8.74. The van der Waals surface area contributed by atoms with Crippen LogP contribution in [0.5, 0.6) is 0 Å². The van der Waals surface area contributed by atoms with Crippen molar-refractivity contribution in [2.75, 3.05) is 7.11 Å². The molecule has 0 spiro atoms. The van der Waals surface area contributed by atoms with E-state index in [2.05, 4.69) is 9.72 Å². The third kappa shape index (κ3) is 1.16. The molecule has 0 unspecified atom stereocenters. The summed E-state index contributed by atoms with van der Waals surface area (Å²) >= 11 is 0. The van der Waals surface area contributed by atoms with Crippen molar-refractivity contribution < 1.29 is 9.53 Å². The van der Waals surface area contributed by atoms with Gasteiger partial charge in [-0.1, -0.05) is 0 Å². The summed E-state index contributed by atoms with van der Waals surface area (Å²) in [5, 5.41) is 0. The summed E-state index contributed by atoms with van der Waals surface area (Å²) in [6, 6.07) is 3.50. The van der Waals surface area contributed by atoms with E-state index in [-0.39, 0.29) is 5.97 Å². The molecule has 2 aromatic heterocycles. The molecule has 2 heterocycles. The number of nitrogens with zero attached hydrogens (tertiary/aromatic N) is 2. The van der Waals surface area contributed by atoms with Gasteiger partial charge in [0.05, 0.1) is 7.11 Å². The van der Waals surface area contributed by atoms with Gasteiger partial charge in [-0.2, -0.15) is 0 Å². The van der Waals surface area contributed by atoms with Crippen LogP contribution in [0, 0.1) is 6.92 Å². The Balaban J connectivity index is 2.71. The Morgan fingerprint density at radius 3 is 3.07 bits per heavy atom. The van der Waals surface area contributed by atoms with Gasteiger partial charge in [0.15, 0.2) is 5.65 Å². The molecule has 0 radical (unpaired) electrons. The molecule has 0 N–H and O–H groups in total. The van der Waals surface area contributed by atoms with E-state index >= 15 is 0 Å². The summed E-state index contributed by atoms with van der Waals surface area (Å²) in [5.41, 5.74) is 2.12. The van der Waals surface area contributed by atoms with E-state index in [0.717, 1.165) is 5.69 Å². The molecule has 0 fully saturated rings. The van der Waals surface area contributed by atoms with Crippen molar-refractivity contribution in [3.05, 3.63) is 35.8 Å². The Kier molecular flexibility index (Phi) is 1.96. The second kappa shape index (κ2) is 3.14. The van der Waals surface area contributed by atoms with Gasteiger partial charge in [-0.05, 0) is 19.1 Å². The number of pyridine rings is 1. The van der Waals surface area contributed by atoms with Crippen molar-refractivity contribution in [2.24, 2.45) is 0 Å². The lowest BCUT2D eigenvalue weighted by Crippen LogP contribution is -2.04. The minimum Gasteiger partial charge on any atom is -0.465 e. The minimum absolute atomic E-state index is 0.360. The number of ether oxygens (including phenoxy) is 1. The van der Waals surface area contributed by atoms with Crippen LogP contribution in [0.4, 0.5) is 0 Å². The first-order valence-corrected chi connectivity index (χ1v) is 4.25. The van der Waals surface area contributed by atoms with Crippen molar-refractivity contribution in [3.8, 4) is 0 Å². The molecule has 0 atom stereocenters. The summed E-state index contributed by atoms with van der Waals surface area (Å²) in [5.74, 6) is -0.360. The molecule has 4 nitrogen and oxygen atoms in total. The van der Waals surface area contributed by atoms with Gasteiger partial charge >= 0.3 is 5.97 Å². The van der Waals surface area contributed by atoms with Crippen LogP contribution in [0.1, 0.15) is 16.1 Å². The Morgan fingerprint density at radius 1 is 1.57 bits per heavy atom. The fourth-order valence-electron chi connectivity index (χ4n) is 1.40. The topological polar surface area (TPSA) is 43.6 Å². The molecule has 0 saturated heterocycles. The molecule has 0 aliphatic rings. The predicted molar refractivity (Wildman–Crippen MR) is 51.3 cm³/mol. The zero-order chi connectivity index (χ0) is 10.1. The molecule has 0 saturated carbocycles. The van der Waals surface area contributed by atoms with Crippen molar-refractivity contribution in [3.63, 3.8) is 0 Å². The number of aromatic nitrogens is 2. The van der Waals surface area contributed by atoms with E-state index < -0.39 is 0 Å². The van der Waals surface area contributed by atoms with Crippen molar-refractivity contribution in [1.82, 2.24) is 9.38 Å².